The first kappa shape index (κ1) is 11.4. The highest BCUT2D eigenvalue weighted by Crippen LogP contribution is 2.21. The van der Waals surface area contributed by atoms with E-state index in [9.17, 15) is 4.39 Å². The van der Waals surface area contributed by atoms with Crippen molar-refractivity contribution in [2.45, 2.75) is 20.4 Å². The molecule has 5 heteroatoms. The lowest BCUT2D eigenvalue weighted by atomic mass is 10.2. The van der Waals surface area contributed by atoms with Crippen molar-refractivity contribution in [3.8, 4) is 0 Å². The van der Waals surface area contributed by atoms with E-state index < -0.39 is 0 Å². The topological polar surface area (TPSA) is 64.1 Å². The molecule has 0 spiro atoms. The van der Waals surface area contributed by atoms with Crippen molar-refractivity contribution < 1.29 is 8.91 Å². The van der Waals surface area contributed by atoms with E-state index in [4.69, 9.17) is 10.3 Å². The Kier molecular flexibility index (Phi) is 2.99. The average molecular weight is 235 g/mol. The fourth-order valence-corrected chi connectivity index (χ4v) is 1.62. The van der Waals surface area contributed by atoms with Crippen LogP contribution in [-0.4, -0.2) is 5.16 Å². The summed E-state index contributed by atoms with van der Waals surface area (Å²) in [6.07, 6.45) is 0. The van der Waals surface area contributed by atoms with Crippen molar-refractivity contribution in [2.24, 2.45) is 0 Å². The normalized spacial score (nSPS) is 10.5. The summed E-state index contributed by atoms with van der Waals surface area (Å²) in [6, 6.07) is 4.23. The largest absolute Gasteiger partial charge is 0.397 e. The number of nitrogens with two attached hydrogens (primary N) is 1. The van der Waals surface area contributed by atoms with Crippen molar-refractivity contribution in [1.29, 1.82) is 0 Å². The maximum Gasteiger partial charge on any atom is 0.138 e. The number of benzene rings is 1. The number of nitrogens with zero attached hydrogens (tertiary/aromatic N) is 1. The maximum atomic E-state index is 13.0. The number of aryl methyl sites for hydroxylation is 2. The fraction of sp³-hybridized carbons (Fsp3) is 0.250. The molecule has 0 fully saturated rings. The number of hydrogen-bond acceptors (Lipinski definition) is 4. The third-order valence-corrected chi connectivity index (χ3v) is 2.65. The molecule has 0 atom stereocenters. The summed E-state index contributed by atoms with van der Waals surface area (Å²) in [5.41, 5.74) is 8.61. The van der Waals surface area contributed by atoms with Gasteiger partial charge in [-0.1, -0.05) is 5.16 Å². The van der Waals surface area contributed by atoms with Gasteiger partial charge in [0.1, 0.15) is 11.6 Å². The Labute approximate surface area is 98.6 Å². The van der Waals surface area contributed by atoms with Crippen molar-refractivity contribution in [3.05, 3.63) is 41.0 Å². The van der Waals surface area contributed by atoms with E-state index in [2.05, 4.69) is 10.5 Å². The van der Waals surface area contributed by atoms with Crippen LogP contribution >= 0.6 is 0 Å². The Hall–Kier alpha value is -2.04. The quantitative estimate of drug-likeness (QED) is 0.803. The lowest BCUT2D eigenvalue weighted by molar-refractivity contribution is 0.392. The third-order valence-electron chi connectivity index (χ3n) is 2.65. The molecule has 0 aliphatic rings. The zero-order chi connectivity index (χ0) is 12.4. The van der Waals surface area contributed by atoms with Crippen LogP contribution in [0.3, 0.4) is 0 Å². The average Bonchev–Trinajstić information content (AvgIpc) is 2.61. The molecule has 0 saturated carbocycles. The van der Waals surface area contributed by atoms with Crippen molar-refractivity contribution in [1.82, 2.24) is 5.16 Å². The monoisotopic (exact) mass is 235 g/mol. The number of nitrogens with one attached hydrogen (secondary N) is 1. The van der Waals surface area contributed by atoms with Crippen LogP contribution in [0.2, 0.25) is 0 Å². The highest BCUT2D eigenvalue weighted by atomic mass is 19.1. The van der Waals surface area contributed by atoms with Gasteiger partial charge in [-0.05, 0) is 32.0 Å². The minimum Gasteiger partial charge on any atom is -0.397 e. The number of hydrogen-bond donors (Lipinski definition) is 2. The lowest BCUT2D eigenvalue weighted by Gasteiger charge is -2.08. The summed E-state index contributed by atoms with van der Waals surface area (Å²) in [6.45, 7) is 4.21. The molecule has 4 nitrogen and oxygen atoms in total. The van der Waals surface area contributed by atoms with Gasteiger partial charge in [0.05, 0.1) is 17.1 Å². The molecule has 90 valence electrons. The van der Waals surface area contributed by atoms with E-state index in [1.807, 2.05) is 13.8 Å². The van der Waals surface area contributed by atoms with Crippen LogP contribution < -0.4 is 11.1 Å². The van der Waals surface area contributed by atoms with Crippen LogP contribution in [0.15, 0.2) is 22.7 Å². The van der Waals surface area contributed by atoms with E-state index in [0.717, 1.165) is 17.0 Å². The molecule has 0 aliphatic carbocycles. The van der Waals surface area contributed by atoms with Gasteiger partial charge in [0.15, 0.2) is 0 Å². The van der Waals surface area contributed by atoms with Gasteiger partial charge in [-0.3, -0.25) is 0 Å². The number of halogens is 1. The van der Waals surface area contributed by atoms with Crippen molar-refractivity contribution >= 4 is 11.4 Å². The Morgan fingerprint density at radius 3 is 2.82 bits per heavy atom. The standard InChI is InChI=1S/C12H14FN3O/c1-7-10(8(2)17-16-7)6-15-12-5-9(13)3-4-11(12)14/h3-5,15H,6,14H2,1-2H3. The molecule has 3 N–H and O–H groups in total. The SMILES string of the molecule is Cc1noc(C)c1CNc1cc(F)ccc1N. The highest BCUT2D eigenvalue weighted by Gasteiger charge is 2.09. The summed E-state index contributed by atoms with van der Waals surface area (Å²) in [5.74, 6) is 0.436. The van der Waals surface area contributed by atoms with Gasteiger partial charge < -0.3 is 15.6 Å². The second kappa shape index (κ2) is 4.45. The van der Waals surface area contributed by atoms with Crippen LogP contribution in [0.4, 0.5) is 15.8 Å². The Morgan fingerprint density at radius 1 is 1.41 bits per heavy atom. The predicted molar refractivity (Wildman–Crippen MR) is 64.1 cm³/mol. The van der Waals surface area contributed by atoms with E-state index in [1.54, 1.807) is 0 Å². The van der Waals surface area contributed by atoms with Crippen LogP contribution in [0.5, 0.6) is 0 Å². The maximum absolute atomic E-state index is 13.0. The molecule has 0 aliphatic heterocycles. The second-order valence-corrected chi connectivity index (χ2v) is 3.89. The summed E-state index contributed by atoms with van der Waals surface area (Å²) in [4.78, 5) is 0. The summed E-state index contributed by atoms with van der Waals surface area (Å²) in [5, 5.41) is 6.92. The number of nitrogen functional groups attached to an aromatic ring is 1. The van der Waals surface area contributed by atoms with Crippen molar-refractivity contribution in [2.75, 3.05) is 11.1 Å². The van der Waals surface area contributed by atoms with E-state index in [0.29, 0.717) is 17.9 Å². The molecule has 2 aromatic rings. The molecule has 1 heterocycles. The molecular formula is C12H14FN3O. The molecule has 1 aromatic heterocycles. The van der Waals surface area contributed by atoms with Gasteiger partial charge in [-0.15, -0.1) is 0 Å². The van der Waals surface area contributed by atoms with E-state index in [1.165, 1.54) is 18.2 Å². The first-order valence-corrected chi connectivity index (χ1v) is 5.28. The third kappa shape index (κ3) is 2.38. The number of rotatable bonds is 3. The molecule has 0 unspecified atom stereocenters. The Morgan fingerprint density at radius 2 is 2.18 bits per heavy atom. The molecule has 0 amide bonds. The summed E-state index contributed by atoms with van der Waals surface area (Å²) < 4.78 is 18.1. The Bertz CT molecular complexity index is 517. The van der Waals surface area contributed by atoms with E-state index >= 15 is 0 Å². The van der Waals surface area contributed by atoms with Crippen LogP contribution in [0.25, 0.3) is 0 Å². The minimum absolute atomic E-state index is 0.319. The molecule has 0 bridgehead atoms. The van der Waals surface area contributed by atoms with Gasteiger partial charge in [-0.25, -0.2) is 4.39 Å². The summed E-state index contributed by atoms with van der Waals surface area (Å²) >= 11 is 0. The number of anilines is 2. The lowest BCUT2D eigenvalue weighted by Crippen LogP contribution is -2.04. The molecule has 0 radical (unpaired) electrons. The van der Waals surface area contributed by atoms with Crippen molar-refractivity contribution in [3.63, 3.8) is 0 Å². The molecule has 1 aromatic carbocycles. The summed E-state index contributed by atoms with van der Waals surface area (Å²) in [7, 11) is 0. The Balaban J connectivity index is 2.15. The van der Waals surface area contributed by atoms with Gasteiger partial charge in [0.2, 0.25) is 0 Å². The highest BCUT2D eigenvalue weighted by molar-refractivity contribution is 5.66. The second-order valence-electron chi connectivity index (χ2n) is 3.89. The zero-order valence-corrected chi connectivity index (χ0v) is 9.75. The first-order chi connectivity index (χ1) is 8.08. The van der Waals surface area contributed by atoms with Crippen LogP contribution in [0.1, 0.15) is 17.0 Å². The predicted octanol–water partition coefficient (Wildman–Crippen LogP) is 2.62. The fourth-order valence-electron chi connectivity index (χ4n) is 1.62. The van der Waals surface area contributed by atoms with Crippen LogP contribution in [-0.2, 0) is 6.54 Å². The van der Waals surface area contributed by atoms with Gasteiger partial charge in [0, 0.05) is 12.1 Å². The number of aromatic nitrogens is 1. The smallest absolute Gasteiger partial charge is 0.138 e. The molecule has 17 heavy (non-hydrogen) atoms. The zero-order valence-electron chi connectivity index (χ0n) is 9.75. The van der Waals surface area contributed by atoms with Gasteiger partial charge >= 0.3 is 0 Å². The first-order valence-electron chi connectivity index (χ1n) is 5.28. The minimum atomic E-state index is -0.319. The molecule has 2 rings (SSSR count). The van der Waals surface area contributed by atoms with E-state index in [-0.39, 0.29) is 5.82 Å². The molecular weight excluding hydrogens is 221 g/mol. The molecule has 0 saturated heterocycles. The van der Waals surface area contributed by atoms with Gasteiger partial charge in [-0.2, -0.15) is 0 Å². The van der Waals surface area contributed by atoms with Gasteiger partial charge in [0.25, 0.3) is 0 Å². The van der Waals surface area contributed by atoms with Crippen LogP contribution in [0, 0.1) is 19.7 Å².